The van der Waals surface area contributed by atoms with Gasteiger partial charge in [0, 0.05) is 11.6 Å². The second-order valence-electron chi connectivity index (χ2n) is 6.74. The highest BCUT2D eigenvalue weighted by Gasteiger charge is 2.54. The number of hydrogen-bond acceptors (Lipinski definition) is 2. The van der Waals surface area contributed by atoms with Crippen molar-refractivity contribution in [2.75, 3.05) is 13.7 Å². The van der Waals surface area contributed by atoms with Gasteiger partial charge < -0.3 is 10.1 Å². The average molecular weight is 271 g/mol. The molecule has 0 amide bonds. The van der Waals surface area contributed by atoms with Gasteiger partial charge in [-0.3, -0.25) is 0 Å². The lowest BCUT2D eigenvalue weighted by atomic mass is 9.94. The van der Waals surface area contributed by atoms with E-state index >= 15 is 0 Å². The lowest BCUT2D eigenvalue weighted by Crippen LogP contribution is -2.22. The first kappa shape index (κ1) is 12.7. The molecule has 4 rings (SSSR count). The summed E-state index contributed by atoms with van der Waals surface area (Å²) in [5.41, 5.74) is 2.83. The van der Waals surface area contributed by atoms with Crippen molar-refractivity contribution in [2.45, 2.75) is 44.6 Å². The quantitative estimate of drug-likeness (QED) is 0.905. The van der Waals surface area contributed by atoms with E-state index in [4.69, 9.17) is 4.74 Å². The fourth-order valence-corrected chi connectivity index (χ4v) is 4.76. The first-order valence-corrected chi connectivity index (χ1v) is 8.32. The Balaban J connectivity index is 1.65. The Morgan fingerprint density at radius 2 is 1.95 bits per heavy atom. The minimum Gasteiger partial charge on any atom is -0.493 e. The summed E-state index contributed by atoms with van der Waals surface area (Å²) in [5, 5.41) is 3.61. The standard InChI is InChI=1S/C18H25NO/c1-19-17(16-13-8-2-3-9-14(13)16)15-10-4-6-12-7-5-11-20-18(12)15/h4,6,10,13-14,16-17,19H,2-3,5,7-9,11H2,1H3. The molecule has 3 unspecified atom stereocenters. The van der Waals surface area contributed by atoms with E-state index in [1.807, 2.05) is 0 Å². The highest BCUT2D eigenvalue weighted by Crippen LogP contribution is 2.61. The van der Waals surface area contributed by atoms with Crippen LogP contribution in [-0.2, 0) is 6.42 Å². The van der Waals surface area contributed by atoms with Crippen molar-refractivity contribution in [1.29, 1.82) is 0 Å². The van der Waals surface area contributed by atoms with Crippen LogP contribution in [0.4, 0.5) is 0 Å². The van der Waals surface area contributed by atoms with E-state index in [2.05, 4.69) is 30.6 Å². The maximum absolute atomic E-state index is 6.03. The Morgan fingerprint density at radius 3 is 2.70 bits per heavy atom. The molecule has 2 aliphatic carbocycles. The molecule has 2 heteroatoms. The summed E-state index contributed by atoms with van der Waals surface area (Å²) < 4.78 is 6.03. The van der Waals surface area contributed by atoms with Crippen molar-refractivity contribution in [3.63, 3.8) is 0 Å². The number of rotatable bonds is 3. The number of hydrogen-bond donors (Lipinski definition) is 1. The molecule has 0 radical (unpaired) electrons. The van der Waals surface area contributed by atoms with E-state index in [9.17, 15) is 0 Å². The predicted molar refractivity (Wildman–Crippen MR) is 81.0 cm³/mol. The molecular weight excluding hydrogens is 246 g/mol. The van der Waals surface area contributed by atoms with Gasteiger partial charge in [-0.25, -0.2) is 0 Å². The van der Waals surface area contributed by atoms with Gasteiger partial charge >= 0.3 is 0 Å². The van der Waals surface area contributed by atoms with Crippen molar-refractivity contribution >= 4 is 0 Å². The summed E-state index contributed by atoms with van der Waals surface area (Å²) in [4.78, 5) is 0. The van der Waals surface area contributed by atoms with Gasteiger partial charge in [-0.2, -0.15) is 0 Å². The van der Waals surface area contributed by atoms with Gasteiger partial charge in [0.05, 0.1) is 6.61 Å². The molecule has 1 aromatic carbocycles. The Hall–Kier alpha value is -1.02. The molecule has 0 saturated heterocycles. The van der Waals surface area contributed by atoms with Crippen LogP contribution in [0.3, 0.4) is 0 Å². The summed E-state index contributed by atoms with van der Waals surface area (Å²) in [7, 11) is 2.12. The molecule has 1 aliphatic heterocycles. The van der Waals surface area contributed by atoms with Crippen LogP contribution in [0.5, 0.6) is 5.75 Å². The molecular formula is C18H25NO. The number of aryl methyl sites for hydroxylation is 1. The summed E-state index contributed by atoms with van der Waals surface area (Å²) >= 11 is 0. The zero-order valence-electron chi connectivity index (χ0n) is 12.4. The highest BCUT2D eigenvalue weighted by molar-refractivity contribution is 5.45. The third-order valence-corrected chi connectivity index (χ3v) is 5.72. The van der Waals surface area contributed by atoms with Crippen molar-refractivity contribution in [1.82, 2.24) is 5.32 Å². The lowest BCUT2D eigenvalue weighted by molar-refractivity contribution is 0.279. The number of nitrogens with one attached hydrogen (secondary N) is 1. The molecule has 20 heavy (non-hydrogen) atoms. The number of fused-ring (bicyclic) bond motifs is 2. The lowest BCUT2D eigenvalue weighted by Gasteiger charge is -2.25. The predicted octanol–water partition coefficient (Wildman–Crippen LogP) is 3.71. The average Bonchev–Trinajstić information content (AvgIpc) is 3.23. The molecule has 3 atom stereocenters. The van der Waals surface area contributed by atoms with Gasteiger partial charge in [0.25, 0.3) is 0 Å². The molecule has 2 saturated carbocycles. The van der Waals surface area contributed by atoms with Crippen LogP contribution in [0.25, 0.3) is 0 Å². The fourth-order valence-electron chi connectivity index (χ4n) is 4.76. The van der Waals surface area contributed by atoms with E-state index in [1.54, 1.807) is 0 Å². The van der Waals surface area contributed by atoms with Crippen molar-refractivity contribution in [2.24, 2.45) is 17.8 Å². The van der Waals surface area contributed by atoms with Gasteiger partial charge in [-0.15, -0.1) is 0 Å². The van der Waals surface area contributed by atoms with Crippen molar-refractivity contribution in [3.05, 3.63) is 29.3 Å². The van der Waals surface area contributed by atoms with E-state index in [0.717, 1.165) is 30.8 Å². The van der Waals surface area contributed by atoms with Crippen LogP contribution in [-0.4, -0.2) is 13.7 Å². The van der Waals surface area contributed by atoms with Crippen molar-refractivity contribution in [3.8, 4) is 5.75 Å². The van der Waals surface area contributed by atoms with Gasteiger partial charge in [-0.1, -0.05) is 31.0 Å². The molecule has 0 bridgehead atoms. The van der Waals surface area contributed by atoms with Gasteiger partial charge in [0.15, 0.2) is 0 Å². The SMILES string of the molecule is CNC(c1cccc2c1OCCC2)C1C2CCCCC21. The van der Waals surface area contributed by atoms with Crippen molar-refractivity contribution < 1.29 is 4.74 Å². The van der Waals surface area contributed by atoms with Crippen LogP contribution >= 0.6 is 0 Å². The Bertz CT molecular complexity index is 486. The van der Waals surface area contributed by atoms with Crippen LogP contribution in [0.1, 0.15) is 49.3 Å². The summed E-state index contributed by atoms with van der Waals surface area (Å²) in [6, 6.07) is 7.25. The molecule has 108 valence electrons. The second-order valence-corrected chi connectivity index (χ2v) is 6.74. The largest absolute Gasteiger partial charge is 0.493 e. The maximum atomic E-state index is 6.03. The molecule has 1 heterocycles. The van der Waals surface area contributed by atoms with E-state index < -0.39 is 0 Å². The third-order valence-electron chi connectivity index (χ3n) is 5.72. The van der Waals surface area contributed by atoms with Gasteiger partial charge in [0.1, 0.15) is 5.75 Å². The fraction of sp³-hybridized carbons (Fsp3) is 0.667. The van der Waals surface area contributed by atoms with Crippen LogP contribution in [0, 0.1) is 17.8 Å². The summed E-state index contributed by atoms with van der Waals surface area (Å²) in [6.45, 7) is 0.887. The van der Waals surface area contributed by atoms with E-state index in [0.29, 0.717) is 6.04 Å². The molecule has 0 aromatic heterocycles. The zero-order chi connectivity index (χ0) is 13.5. The van der Waals surface area contributed by atoms with Crippen LogP contribution in [0.2, 0.25) is 0 Å². The van der Waals surface area contributed by atoms with Crippen LogP contribution < -0.4 is 10.1 Å². The Morgan fingerprint density at radius 1 is 1.15 bits per heavy atom. The first-order valence-electron chi connectivity index (χ1n) is 8.32. The Kier molecular flexibility index (Phi) is 3.22. The minimum atomic E-state index is 0.496. The molecule has 1 N–H and O–H groups in total. The Labute approximate surface area is 121 Å². The normalized spacial score (nSPS) is 32.8. The summed E-state index contributed by atoms with van der Waals surface area (Å²) in [5.74, 6) is 3.99. The molecule has 2 nitrogen and oxygen atoms in total. The van der Waals surface area contributed by atoms with Crippen LogP contribution in [0.15, 0.2) is 18.2 Å². The molecule has 2 fully saturated rings. The van der Waals surface area contributed by atoms with E-state index in [1.165, 1.54) is 49.0 Å². The number of ether oxygens (including phenoxy) is 1. The maximum Gasteiger partial charge on any atom is 0.127 e. The second kappa shape index (κ2) is 5.07. The zero-order valence-corrected chi connectivity index (χ0v) is 12.4. The molecule has 3 aliphatic rings. The number of benzene rings is 1. The highest BCUT2D eigenvalue weighted by atomic mass is 16.5. The first-order chi connectivity index (χ1) is 9.90. The monoisotopic (exact) mass is 271 g/mol. The van der Waals surface area contributed by atoms with Gasteiger partial charge in [-0.05, 0) is 56.0 Å². The topological polar surface area (TPSA) is 21.3 Å². The number of para-hydroxylation sites is 1. The molecule has 0 spiro atoms. The van der Waals surface area contributed by atoms with Gasteiger partial charge in [0.2, 0.25) is 0 Å². The summed E-state index contributed by atoms with van der Waals surface area (Å²) in [6.07, 6.45) is 8.12. The van der Waals surface area contributed by atoms with E-state index in [-0.39, 0.29) is 0 Å². The smallest absolute Gasteiger partial charge is 0.127 e. The third kappa shape index (κ3) is 1.96. The molecule has 1 aromatic rings. The minimum absolute atomic E-state index is 0.496.